The molecule has 1 aliphatic heterocycles. The van der Waals surface area contributed by atoms with E-state index in [1.165, 1.54) is 6.21 Å². The molecule has 23 heavy (non-hydrogen) atoms. The van der Waals surface area contributed by atoms with Gasteiger partial charge in [0.15, 0.2) is 0 Å². The summed E-state index contributed by atoms with van der Waals surface area (Å²) >= 11 is 0. The van der Waals surface area contributed by atoms with E-state index in [9.17, 15) is 4.79 Å². The first-order valence-electron chi connectivity index (χ1n) is 6.69. The molecule has 0 radical (unpaired) electrons. The van der Waals surface area contributed by atoms with E-state index in [-0.39, 0.29) is 18.5 Å². The highest BCUT2D eigenvalue weighted by Crippen LogP contribution is 2.28. The van der Waals surface area contributed by atoms with Crippen LogP contribution < -0.4 is 5.73 Å². The van der Waals surface area contributed by atoms with Gasteiger partial charge in [0.2, 0.25) is 0 Å². The topological polar surface area (TPSA) is 121 Å². The molecule has 0 fully saturated rings. The third kappa shape index (κ3) is 2.33. The number of rotatable bonds is 3. The van der Waals surface area contributed by atoms with Crippen LogP contribution in [0.3, 0.4) is 0 Å². The van der Waals surface area contributed by atoms with E-state index in [4.69, 9.17) is 14.9 Å². The summed E-state index contributed by atoms with van der Waals surface area (Å²) < 4.78 is 10.7. The number of hydrogen-bond donors (Lipinski definition) is 1. The van der Waals surface area contributed by atoms with Crippen molar-refractivity contribution in [2.75, 3.05) is 5.73 Å². The predicted molar refractivity (Wildman–Crippen MR) is 78.5 cm³/mol. The van der Waals surface area contributed by atoms with Crippen molar-refractivity contribution in [3.05, 3.63) is 47.2 Å². The van der Waals surface area contributed by atoms with Gasteiger partial charge in [-0.05, 0) is 34.7 Å². The number of furan rings is 1. The maximum atomic E-state index is 11.5. The number of nitrogens with two attached hydrogens (primary N) is 1. The molecule has 9 heteroatoms. The highest BCUT2D eigenvalue weighted by Gasteiger charge is 2.21. The molecule has 0 saturated heterocycles. The minimum Gasteiger partial charge on any atom is -0.457 e. The minimum absolute atomic E-state index is 0.0799. The molecule has 0 atom stereocenters. The largest absolute Gasteiger partial charge is 0.457 e. The lowest BCUT2D eigenvalue weighted by Crippen LogP contribution is -1.99. The van der Waals surface area contributed by atoms with Crippen LogP contribution in [0.15, 0.2) is 39.9 Å². The van der Waals surface area contributed by atoms with E-state index in [2.05, 4.69) is 20.6 Å². The number of fused-ring (bicyclic) bond motifs is 1. The molecule has 1 aliphatic rings. The van der Waals surface area contributed by atoms with E-state index < -0.39 is 0 Å². The molecule has 1 aromatic carbocycles. The first kappa shape index (κ1) is 13.2. The standard InChI is InChI=1S/C14H10N6O3/c15-14-17-18-19-20(14)16-6-10-2-4-12(23-10)8-1-3-11-9(5-8)7-22-13(11)21/h1-6H,7H2,(H2,15,17,19). The van der Waals surface area contributed by atoms with Gasteiger partial charge in [-0.15, -0.1) is 0 Å². The van der Waals surface area contributed by atoms with E-state index in [1.807, 2.05) is 18.2 Å². The molecule has 2 N–H and O–H groups in total. The third-order valence-corrected chi connectivity index (χ3v) is 3.37. The molecule has 0 amide bonds. The Hall–Kier alpha value is -3.49. The summed E-state index contributed by atoms with van der Waals surface area (Å²) in [6.07, 6.45) is 1.45. The van der Waals surface area contributed by atoms with Gasteiger partial charge in [0.05, 0.1) is 11.8 Å². The van der Waals surface area contributed by atoms with Crippen molar-refractivity contribution in [3.63, 3.8) is 0 Å². The zero-order chi connectivity index (χ0) is 15.8. The number of ether oxygens (including phenoxy) is 1. The first-order valence-corrected chi connectivity index (χ1v) is 6.69. The van der Waals surface area contributed by atoms with Gasteiger partial charge in [-0.1, -0.05) is 16.0 Å². The number of benzene rings is 1. The lowest BCUT2D eigenvalue weighted by atomic mass is 10.0. The number of carbonyl (C=O) groups excluding carboxylic acids is 1. The zero-order valence-electron chi connectivity index (χ0n) is 11.7. The fourth-order valence-corrected chi connectivity index (χ4v) is 2.25. The van der Waals surface area contributed by atoms with Gasteiger partial charge in [-0.3, -0.25) is 0 Å². The SMILES string of the molecule is Nc1nnnn1N=Cc1ccc(-c2ccc3c(c2)COC3=O)o1. The van der Waals surface area contributed by atoms with Crippen LogP contribution in [-0.4, -0.2) is 32.5 Å². The second-order valence-electron chi connectivity index (χ2n) is 4.82. The second-order valence-corrected chi connectivity index (χ2v) is 4.82. The average molecular weight is 310 g/mol. The average Bonchev–Trinajstić information content (AvgIpc) is 3.26. The van der Waals surface area contributed by atoms with Crippen molar-refractivity contribution in [1.29, 1.82) is 0 Å². The minimum atomic E-state index is -0.294. The van der Waals surface area contributed by atoms with Gasteiger partial charge in [0, 0.05) is 11.1 Å². The van der Waals surface area contributed by atoms with Crippen LogP contribution in [-0.2, 0) is 11.3 Å². The molecule has 114 valence electrons. The Balaban J connectivity index is 1.60. The Kier molecular flexibility index (Phi) is 2.90. The van der Waals surface area contributed by atoms with Crippen molar-refractivity contribution in [2.24, 2.45) is 5.10 Å². The smallest absolute Gasteiger partial charge is 0.338 e. The summed E-state index contributed by atoms with van der Waals surface area (Å²) in [5.74, 6) is 0.954. The Morgan fingerprint density at radius 3 is 3.04 bits per heavy atom. The molecular weight excluding hydrogens is 300 g/mol. The molecule has 4 rings (SSSR count). The van der Waals surface area contributed by atoms with Crippen LogP contribution in [0.4, 0.5) is 5.95 Å². The highest BCUT2D eigenvalue weighted by atomic mass is 16.5. The number of esters is 1. The summed E-state index contributed by atoms with van der Waals surface area (Å²) in [7, 11) is 0. The molecule has 3 aromatic rings. The molecule has 0 unspecified atom stereocenters. The summed E-state index contributed by atoms with van der Waals surface area (Å²) in [6, 6.07) is 8.99. The van der Waals surface area contributed by atoms with E-state index in [0.29, 0.717) is 17.1 Å². The van der Waals surface area contributed by atoms with Crippen molar-refractivity contribution in [3.8, 4) is 11.3 Å². The van der Waals surface area contributed by atoms with Crippen molar-refractivity contribution < 1.29 is 13.9 Å². The molecular formula is C14H10N6O3. The lowest BCUT2D eigenvalue weighted by molar-refractivity contribution is 0.0535. The summed E-state index contributed by atoms with van der Waals surface area (Å²) in [4.78, 5) is 12.5. The normalized spacial score (nSPS) is 13.5. The van der Waals surface area contributed by atoms with Crippen LogP contribution in [0, 0.1) is 0 Å². The number of cyclic esters (lactones) is 1. The van der Waals surface area contributed by atoms with Gasteiger partial charge < -0.3 is 14.9 Å². The fraction of sp³-hybridized carbons (Fsp3) is 0.0714. The third-order valence-electron chi connectivity index (χ3n) is 3.37. The molecule has 0 saturated carbocycles. The van der Waals surface area contributed by atoms with Crippen LogP contribution in [0.1, 0.15) is 21.7 Å². The maximum Gasteiger partial charge on any atom is 0.338 e. The number of hydrogen-bond acceptors (Lipinski definition) is 8. The van der Waals surface area contributed by atoms with Crippen molar-refractivity contribution >= 4 is 18.1 Å². The number of tetrazole rings is 1. The summed E-state index contributed by atoms with van der Waals surface area (Å²) in [6.45, 7) is 0.287. The number of nitrogens with zero attached hydrogens (tertiary/aromatic N) is 5. The molecule has 9 nitrogen and oxygen atoms in total. The molecule has 0 bridgehead atoms. The summed E-state index contributed by atoms with van der Waals surface area (Å²) in [5.41, 5.74) is 7.80. The number of carbonyl (C=O) groups is 1. The van der Waals surface area contributed by atoms with E-state index in [1.54, 1.807) is 12.1 Å². The number of anilines is 1. The Morgan fingerprint density at radius 2 is 2.22 bits per heavy atom. The predicted octanol–water partition coefficient (Wildman–Crippen LogP) is 1.07. The molecule has 0 spiro atoms. The Bertz CT molecular complexity index is 926. The molecule has 3 heterocycles. The van der Waals surface area contributed by atoms with Crippen LogP contribution in [0.25, 0.3) is 11.3 Å². The van der Waals surface area contributed by atoms with Gasteiger partial charge in [-0.2, -0.15) is 5.10 Å². The van der Waals surface area contributed by atoms with E-state index in [0.717, 1.165) is 15.9 Å². The van der Waals surface area contributed by atoms with Gasteiger partial charge >= 0.3 is 5.97 Å². The zero-order valence-corrected chi connectivity index (χ0v) is 11.7. The maximum absolute atomic E-state index is 11.5. The fourth-order valence-electron chi connectivity index (χ4n) is 2.25. The van der Waals surface area contributed by atoms with Crippen molar-refractivity contribution in [1.82, 2.24) is 20.3 Å². The monoisotopic (exact) mass is 310 g/mol. The Morgan fingerprint density at radius 1 is 1.30 bits per heavy atom. The van der Waals surface area contributed by atoms with Crippen LogP contribution in [0.2, 0.25) is 0 Å². The Labute approximate surface area is 129 Å². The molecule has 2 aromatic heterocycles. The first-order chi connectivity index (χ1) is 11.2. The summed E-state index contributed by atoms with van der Waals surface area (Å²) in [5, 5.41) is 14.5. The van der Waals surface area contributed by atoms with Crippen molar-refractivity contribution in [2.45, 2.75) is 6.61 Å². The molecule has 0 aliphatic carbocycles. The van der Waals surface area contributed by atoms with Gasteiger partial charge in [0.25, 0.3) is 5.95 Å². The van der Waals surface area contributed by atoms with Crippen LogP contribution in [0.5, 0.6) is 0 Å². The second kappa shape index (κ2) is 5.05. The highest BCUT2D eigenvalue weighted by molar-refractivity contribution is 5.94. The number of aromatic nitrogens is 4. The number of nitrogen functional groups attached to an aromatic ring is 1. The van der Waals surface area contributed by atoms with E-state index >= 15 is 0 Å². The van der Waals surface area contributed by atoms with Crippen LogP contribution >= 0.6 is 0 Å². The quantitative estimate of drug-likeness (QED) is 0.567. The van der Waals surface area contributed by atoms with Gasteiger partial charge in [-0.25, -0.2) is 4.79 Å². The van der Waals surface area contributed by atoms with Gasteiger partial charge in [0.1, 0.15) is 18.1 Å². The lowest BCUT2D eigenvalue weighted by Gasteiger charge is -1.99.